The molecule has 0 bridgehead atoms. The number of aromatic amines is 2. The number of hydrogen-bond acceptors (Lipinski definition) is 12. The molecule has 0 saturated carbocycles. The van der Waals surface area contributed by atoms with Crippen molar-refractivity contribution in [1.82, 2.24) is 25.7 Å². The van der Waals surface area contributed by atoms with E-state index >= 15 is 0 Å². The van der Waals surface area contributed by atoms with Crippen molar-refractivity contribution in [2.45, 2.75) is 51.6 Å². The highest BCUT2D eigenvalue weighted by Crippen LogP contribution is 2.30. The van der Waals surface area contributed by atoms with Crippen molar-refractivity contribution >= 4 is 51.6 Å². The van der Waals surface area contributed by atoms with Gasteiger partial charge < -0.3 is 14.8 Å². The Bertz CT molecular complexity index is 2770. The molecule has 0 unspecified atom stereocenters. The lowest BCUT2D eigenvalue weighted by Gasteiger charge is -2.10. The van der Waals surface area contributed by atoms with Crippen LogP contribution in [0.2, 0.25) is 0 Å². The summed E-state index contributed by atoms with van der Waals surface area (Å²) in [5, 5.41) is 17.6. The summed E-state index contributed by atoms with van der Waals surface area (Å²) >= 11 is 0. The van der Waals surface area contributed by atoms with Crippen LogP contribution in [0.15, 0.2) is 146 Å². The van der Waals surface area contributed by atoms with Crippen LogP contribution in [0, 0.1) is 6.92 Å². The molecule has 298 valence electrons. The number of rotatable bonds is 15. The Morgan fingerprint density at radius 2 is 1.05 bits per heavy atom. The van der Waals surface area contributed by atoms with E-state index in [9.17, 15) is 25.3 Å². The van der Waals surface area contributed by atoms with Gasteiger partial charge in [-0.25, -0.2) is 16.8 Å². The Labute approximate surface area is 331 Å². The first-order valence-electron chi connectivity index (χ1n) is 17.8. The van der Waals surface area contributed by atoms with Gasteiger partial charge in [0.15, 0.2) is 10.1 Å². The Morgan fingerprint density at radius 1 is 0.579 bits per heavy atom. The van der Waals surface area contributed by atoms with Crippen LogP contribution in [0.1, 0.15) is 19.4 Å². The smallest absolute Gasteiger partial charge is 0.297 e. The van der Waals surface area contributed by atoms with Crippen molar-refractivity contribution in [2.75, 3.05) is 26.4 Å². The fourth-order valence-electron chi connectivity index (χ4n) is 5.55. The maximum Gasteiger partial charge on any atom is 0.297 e. The number of aryl methyl sites for hydroxylation is 1. The molecule has 14 nitrogen and oxygen atoms in total. The topological polar surface area (TPSA) is 199 Å². The monoisotopic (exact) mass is 831 g/mol. The highest BCUT2D eigenvalue weighted by atomic mass is 32.2. The van der Waals surface area contributed by atoms with Gasteiger partial charge in [-0.3, -0.25) is 14.4 Å². The second-order valence-corrected chi connectivity index (χ2v) is 18.4. The van der Waals surface area contributed by atoms with Crippen molar-refractivity contribution in [2.24, 2.45) is 0 Å². The third-order valence-corrected chi connectivity index (χ3v) is 13.3. The molecule has 0 aliphatic carbocycles. The van der Waals surface area contributed by atoms with E-state index < -0.39 is 29.8 Å². The highest BCUT2D eigenvalue weighted by Gasteiger charge is 2.24. The summed E-state index contributed by atoms with van der Waals surface area (Å²) in [6.07, 6.45) is 0. The van der Waals surface area contributed by atoms with Gasteiger partial charge >= 0.3 is 0 Å². The van der Waals surface area contributed by atoms with Gasteiger partial charge in [0, 0.05) is 23.4 Å². The molecule has 2 heterocycles. The molecule has 0 radical (unpaired) electrons. The normalized spacial score (nSPS) is 12.1. The van der Waals surface area contributed by atoms with Crippen molar-refractivity contribution in [3.8, 4) is 11.5 Å². The Kier molecular flexibility index (Phi) is 12.7. The van der Waals surface area contributed by atoms with E-state index in [1.165, 1.54) is 24.3 Å². The third-order valence-electron chi connectivity index (χ3n) is 8.45. The average Bonchev–Trinajstić information content (AvgIpc) is 3.84. The number of aromatic nitrogens is 4. The molecule has 0 aliphatic rings. The van der Waals surface area contributed by atoms with Crippen molar-refractivity contribution < 1.29 is 38.9 Å². The molecular weight excluding hydrogens is 791 g/mol. The summed E-state index contributed by atoms with van der Waals surface area (Å²) in [5.74, 6) is 0.976. The zero-order valence-electron chi connectivity index (χ0n) is 31.2. The van der Waals surface area contributed by atoms with E-state index in [4.69, 9.17) is 13.7 Å². The van der Waals surface area contributed by atoms with Crippen molar-refractivity contribution in [3.05, 3.63) is 127 Å². The fraction of sp³-hybridized carbons (Fsp3) is 0.200. The Balaban J connectivity index is 0.000000199. The molecule has 7 rings (SSSR count). The van der Waals surface area contributed by atoms with E-state index in [1.807, 2.05) is 6.92 Å². The van der Waals surface area contributed by atoms with Crippen LogP contribution >= 0.6 is 0 Å². The molecule has 0 aliphatic heterocycles. The summed E-state index contributed by atoms with van der Waals surface area (Å²) in [4.78, 5) is 0.443. The van der Waals surface area contributed by atoms with Crippen LogP contribution in [-0.4, -0.2) is 78.1 Å². The van der Waals surface area contributed by atoms with Gasteiger partial charge in [-0.1, -0.05) is 67.9 Å². The molecule has 3 N–H and O–H groups in total. The summed E-state index contributed by atoms with van der Waals surface area (Å²) in [7, 11) is -11.3. The minimum Gasteiger partial charge on any atom is -0.492 e. The molecule has 0 amide bonds. The second-order valence-electron chi connectivity index (χ2n) is 13.0. The average molecular weight is 832 g/mol. The lowest BCUT2D eigenvalue weighted by molar-refractivity contribution is 0.221. The van der Waals surface area contributed by atoms with Gasteiger partial charge in [0.05, 0.1) is 25.7 Å². The van der Waals surface area contributed by atoms with Gasteiger partial charge in [-0.15, -0.1) is 0 Å². The molecule has 0 fully saturated rings. The lowest BCUT2D eigenvalue weighted by atomic mass is 10.2. The Morgan fingerprint density at radius 3 is 1.53 bits per heavy atom. The molecule has 5 aromatic carbocycles. The molecule has 17 heteroatoms. The van der Waals surface area contributed by atoms with Crippen LogP contribution in [0.3, 0.4) is 0 Å². The lowest BCUT2D eigenvalue weighted by Crippen LogP contribution is -2.27. The summed E-state index contributed by atoms with van der Waals surface area (Å²) < 4.78 is 92.3. The number of benzene rings is 5. The minimum atomic E-state index is -3.89. The van der Waals surface area contributed by atoms with Crippen LogP contribution in [0.4, 0.5) is 0 Å². The van der Waals surface area contributed by atoms with Crippen molar-refractivity contribution in [1.29, 1.82) is 0 Å². The number of ether oxygens (including phenoxy) is 2. The largest absolute Gasteiger partial charge is 0.492 e. The first kappa shape index (κ1) is 41.1. The van der Waals surface area contributed by atoms with Crippen molar-refractivity contribution in [3.63, 3.8) is 0 Å². The molecule has 0 saturated heterocycles. The summed E-state index contributed by atoms with van der Waals surface area (Å²) in [5.41, 5.74) is 1.99. The quantitative estimate of drug-likeness (QED) is 0.0775. The van der Waals surface area contributed by atoms with Gasteiger partial charge in [-0.2, -0.15) is 18.6 Å². The summed E-state index contributed by atoms with van der Waals surface area (Å²) in [6, 6.07) is 33.1. The predicted octanol–water partition coefficient (Wildman–Crippen LogP) is 6.26. The standard InChI is InChI=1S/C22H20N2O6S2.C18H21N3O3S/c1-16-7-10-19(11-8-16)32(27,28)30-14-13-29-17-9-12-21-20(15-17)22(24-23-21)31(25,26)18-5-3-2-4-6-18;1-13(2)19-10-11-24-14-8-9-17-16(12-14)18(21-20-17)25(22,23)15-6-4-3-5-7-15/h2-12,15H,13-14H2,1H3,(H,23,24);3-9,12-13,19H,10-11H2,1-2H3,(H,20,21). The highest BCUT2D eigenvalue weighted by molar-refractivity contribution is 7.92. The number of nitrogens with one attached hydrogen (secondary N) is 3. The molecule has 7 aromatic rings. The SMILES string of the molecule is CC(C)NCCOc1ccc2n[nH]c(S(=O)(=O)c3ccccc3)c2c1.Cc1ccc(S(=O)(=O)OCCOc2ccc3n[nH]c(S(=O)(=O)c4ccccc4)c3c2)cc1. The first-order valence-corrected chi connectivity index (χ1v) is 22.1. The van der Waals surface area contributed by atoms with Gasteiger partial charge in [0.2, 0.25) is 19.7 Å². The number of fused-ring (bicyclic) bond motifs is 2. The zero-order chi connectivity index (χ0) is 40.6. The van der Waals surface area contributed by atoms with E-state index in [1.54, 1.807) is 97.1 Å². The van der Waals surface area contributed by atoms with Gasteiger partial charge in [0.1, 0.15) is 31.3 Å². The second kappa shape index (κ2) is 17.7. The maximum atomic E-state index is 12.9. The fourth-order valence-corrected chi connectivity index (χ4v) is 9.18. The number of H-pyrrole nitrogens is 2. The maximum absolute atomic E-state index is 12.9. The molecule has 57 heavy (non-hydrogen) atoms. The molecule has 0 spiro atoms. The minimum absolute atomic E-state index is 0.0395. The van der Waals surface area contributed by atoms with E-state index in [2.05, 4.69) is 39.6 Å². The van der Waals surface area contributed by atoms with Crippen LogP contribution < -0.4 is 14.8 Å². The van der Waals surface area contributed by atoms with E-state index in [0.29, 0.717) is 46.0 Å². The predicted molar refractivity (Wildman–Crippen MR) is 214 cm³/mol. The number of nitrogens with zero attached hydrogens (tertiary/aromatic N) is 2. The number of hydrogen-bond donors (Lipinski definition) is 3. The Hall–Kier alpha value is -5.59. The van der Waals surface area contributed by atoms with E-state index in [-0.39, 0.29) is 38.0 Å². The zero-order valence-corrected chi connectivity index (χ0v) is 33.7. The third kappa shape index (κ3) is 9.87. The van der Waals surface area contributed by atoms with E-state index in [0.717, 1.165) is 12.1 Å². The number of sulfone groups is 2. The van der Waals surface area contributed by atoms with Crippen LogP contribution in [-0.2, 0) is 34.0 Å². The molecule has 0 atom stereocenters. The molecular formula is C40H41N5O9S3. The van der Waals surface area contributed by atoms with Gasteiger partial charge in [-0.05, 0) is 79.7 Å². The summed E-state index contributed by atoms with van der Waals surface area (Å²) in [6.45, 7) is 6.97. The first-order chi connectivity index (χ1) is 27.3. The van der Waals surface area contributed by atoms with Gasteiger partial charge in [0.25, 0.3) is 10.1 Å². The van der Waals surface area contributed by atoms with Crippen LogP contribution in [0.5, 0.6) is 11.5 Å². The molecule has 2 aromatic heterocycles. The van der Waals surface area contributed by atoms with Crippen LogP contribution in [0.25, 0.3) is 21.8 Å².